The van der Waals surface area contributed by atoms with E-state index in [-0.39, 0.29) is 5.78 Å². The van der Waals surface area contributed by atoms with Crippen molar-refractivity contribution in [2.75, 3.05) is 0 Å². The highest BCUT2D eigenvalue weighted by Crippen LogP contribution is 2.26. The van der Waals surface area contributed by atoms with Crippen molar-refractivity contribution >= 4 is 44.9 Å². The number of benzene rings is 2. The lowest BCUT2D eigenvalue weighted by molar-refractivity contribution is 0.103. The summed E-state index contributed by atoms with van der Waals surface area (Å²) < 4.78 is 0.768. The van der Waals surface area contributed by atoms with Gasteiger partial charge < -0.3 is 0 Å². The third-order valence-electron chi connectivity index (χ3n) is 2.55. The van der Waals surface area contributed by atoms with Crippen molar-refractivity contribution in [1.29, 1.82) is 0 Å². The van der Waals surface area contributed by atoms with Crippen LogP contribution < -0.4 is 0 Å². The van der Waals surface area contributed by atoms with Gasteiger partial charge in [-0.15, -0.1) is 0 Å². The van der Waals surface area contributed by atoms with Gasteiger partial charge in [0, 0.05) is 15.6 Å². The average molecular weight is 344 g/mol. The van der Waals surface area contributed by atoms with E-state index in [2.05, 4.69) is 15.9 Å². The fourth-order valence-electron chi connectivity index (χ4n) is 1.61. The summed E-state index contributed by atoms with van der Waals surface area (Å²) in [5, 5.41) is 0.822. The first kappa shape index (κ1) is 13.6. The molecule has 0 fully saturated rings. The molecule has 0 aliphatic heterocycles. The maximum atomic E-state index is 12.4. The molecule has 0 saturated carbocycles. The van der Waals surface area contributed by atoms with Crippen molar-refractivity contribution < 1.29 is 4.79 Å². The monoisotopic (exact) mass is 342 g/mol. The Kier molecular flexibility index (Phi) is 4.10. The molecule has 0 aliphatic carbocycles. The molecule has 92 valence electrons. The molecule has 0 aromatic heterocycles. The van der Waals surface area contributed by atoms with Gasteiger partial charge in [-0.1, -0.05) is 50.8 Å². The summed E-state index contributed by atoms with van der Waals surface area (Å²) in [6.07, 6.45) is 0. The number of carbonyl (C=O) groups excluding carboxylic acids is 1. The minimum absolute atomic E-state index is 0.0795. The molecule has 0 amide bonds. The predicted molar refractivity (Wildman–Crippen MR) is 78.8 cm³/mol. The van der Waals surface area contributed by atoms with Gasteiger partial charge >= 0.3 is 0 Å². The summed E-state index contributed by atoms with van der Waals surface area (Å²) in [7, 11) is 0. The van der Waals surface area contributed by atoms with E-state index in [1.54, 1.807) is 18.2 Å². The van der Waals surface area contributed by atoms with Gasteiger partial charge in [0.25, 0.3) is 0 Å². The van der Waals surface area contributed by atoms with Crippen LogP contribution in [0.5, 0.6) is 0 Å². The van der Waals surface area contributed by atoms with Crippen LogP contribution in [0.1, 0.15) is 21.5 Å². The zero-order valence-electron chi connectivity index (χ0n) is 9.51. The third-order valence-corrected chi connectivity index (χ3v) is 3.98. The largest absolute Gasteiger partial charge is 0.289 e. The van der Waals surface area contributed by atoms with Gasteiger partial charge in [0.1, 0.15) is 0 Å². The zero-order chi connectivity index (χ0) is 13.3. The van der Waals surface area contributed by atoms with Crippen molar-refractivity contribution in [2.45, 2.75) is 6.92 Å². The van der Waals surface area contributed by atoms with Gasteiger partial charge in [0.2, 0.25) is 0 Å². The Morgan fingerprint density at radius 2 is 1.78 bits per heavy atom. The van der Waals surface area contributed by atoms with Crippen LogP contribution in [0.3, 0.4) is 0 Å². The minimum Gasteiger partial charge on any atom is -0.289 e. The van der Waals surface area contributed by atoms with E-state index in [0.717, 1.165) is 10.0 Å². The Morgan fingerprint density at radius 1 is 1.06 bits per heavy atom. The fraction of sp³-hybridized carbons (Fsp3) is 0.0714. The van der Waals surface area contributed by atoms with Crippen LogP contribution in [-0.2, 0) is 0 Å². The number of halogens is 3. The Labute approximate surface area is 124 Å². The smallest absolute Gasteiger partial charge is 0.194 e. The molecule has 0 bridgehead atoms. The summed E-state index contributed by atoms with van der Waals surface area (Å²) in [4.78, 5) is 12.4. The SMILES string of the molecule is Cc1ccc(Br)c(C(=O)c2ccc(Cl)c(Cl)c2)c1. The Morgan fingerprint density at radius 3 is 2.44 bits per heavy atom. The quantitative estimate of drug-likeness (QED) is 0.676. The second-order valence-corrected chi connectivity index (χ2v) is 5.61. The highest BCUT2D eigenvalue weighted by Gasteiger charge is 2.13. The zero-order valence-corrected chi connectivity index (χ0v) is 12.6. The molecule has 2 aromatic carbocycles. The van der Waals surface area contributed by atoms with Gasteiger partial charge in [-0.2, -0.15) is 0 Å². The maximum absolute atomic E-state index is 12.4. The van der Waals surface area contributed by atoms with E-state index < -0.39 is 0 Å². The summed E-state index contributed by atoms with van der Waals surface area (Å²) in [5.41, 5.74) is 2.17. The molecular formula is C14H9BrCl2O. The number of carbonyl (C=O) groups is 1. The molecule has 0 saturated heterocycles. The molecule has 0 radical (unpaired) electrons. The average Bonchev–Trinajstić information content (AvgIpc) is 2.35. The van der Waals surface area contributed by atoms with Crippen LogP contribution in [0, 0.1) is 6.92 Å². The van der Waals surface area contributed by atoms with Crippen molar-refractivity contribution in [3.05, 3.63) is 67.6 Å². The topological polar surface area (TPSA) is 17.1 Å². The van der Waals surface area contributed by atoms with E-state index in [1.807, 2.05) is 25.1 Å². The number of hydrogen-bond acceptors (Lipinski definition) is 1. The Hall–Kier alpha value is -0.830. The molecule has 0 aliphatic rings. The molecular weight excluding hydrogens is 335 g/mol. The van der Waals surface area contributed by atoms with Gasteiger partial charge in [-0.3, -0.25) is 4.79 Å². The van der Waals surface area contributed by atoms with Crippen molar-refractivity contribution in [3.63, 3.8) is 0 Å². The van der Waals surface area contributed by atoms with Gasteiger partial charge in [0.15, 0.2) is 5.78 Å². The molecule has 2 aromatic rings. The maximum Gasteiger partial charge on any atom is 0.194 e. The Balaban J connectivity index is 2.47. The molecule has 4 heteroatoms. The van der Waals surface area contributed by atoms with Gasteiger partial charge in [-0.25, -0.2) is 0 Å². The molecule has 2 rings (SSSR count). The lowest BCUT2D eigenvalue weighted by atomic mass is 10.0. The van der Waals surface area contributed by atoms with Crippen LogP contribution in [0.25, 0.3) is 0 Å². The highest BCUT2D eigenvalue weighted by molar-refractivity contribution is 9.10. The first-order valence-corrected chi connectivity index (χ1v) is 6.80. The minimum atomic E-state index is -0.0795. The van der Waals surface area contributed by atoms with E-state index in [1.165, 1.54) is 0 Å². The Bertz CT molecular complexity index is 623. The highest BCUT2D eigenvalue weighted by atomic mass is 79.9. The lowest BCUT2D eigenvalue weighted by Crippen LogP contribution is -2.02. The second kappa shape index (κ2) is 5.43. The van der Waals surface area contributed by atoms with E-state index in [4.69, 9.17) is 23.2 Å². The van der Waals surface area contributed by atoms with Gasteiger partial charge in [-0.05, 0) is 37.3 Å². The summed E-state index contributed by atoms with van der Waals surface area (Å²) >= 11 is 15.1. The first-order chi connectivity index (χ1) is 8.49. The van der Waals surface area contributed by atoms with Crippen LogP contribution in [-0.4, -0.2) is 5.78 Å². The van der Waals surface area contributed by atoms with E-state index >= 15 is 0 Å². The van der Waals surface area contributed by atoms with E-state index in [9.17, 15) is 4.79 Å². The molecule has 0 spiro atoms. The van der Waals surface area contributed by atoms with Crippen LogP contribution in [0.4, 0.5) is 0 Å². The molecule has 18 heavy (non-hydrogen) atoms. The molecule has 0 unspecified atom stereocenters. The normalized spacial score (nSPS) is 10.4. The van der Waals surface area contributed by atoms with Crippen molar-refractivity contribution in [1.82, 2.24) is 0 Å². The summed E-state index contributed by atoms with van der Waals surface area (Å²) in [5.74, 6) is -0.0795. The third kappa shape index (κ3) is 2.77. The molecule has 1 nitrogen and oxygen atoms in total. The van der Waals surface area contributed by atoms with Crippen LogP contribution >= 0.6 is 39.1 Å². The summed E-state index contributed by atoms with van der Waals surface area (Å²) in [6.45, 7) is 1.94. The van der Waals surface area contributed by atoms with Crippen LogP contribution in [0.15, 0.2) is 40.9 Å². The summed E-state index contributed by atoms with van der Waals surface area (Å²) in [6, 6.07) is 10.5. The lowest BCUT2D eigenvalue weighted by Gasteiger charge is -2.06. The van der Waals surface area contributed by atoms with E-state index in [0.29, 0.717) is 21.2 Å². The number of aryl methyl sites for hydroxylation is 1. The predicted octanol–water partition coefficient (Wildman–Crippen LogP) is 5.30. The van der Waals surface area contributed by atoms with Gasteiger partial charge in [0.05, 0.1) is 10.0 Å². The fourth-order valence-corrected chi connectivity index (χ4v) is 2.33. The molecule has 0 atom stereocenters. The second-order valence-electron chi connectivity index (χ2n) is 3.94. The van der Waals surface area contributed by atoms with Crippen molar-refractivity contribution in [3.8, 4) is 0 Å². The first-order valence-electron chi connectivity index (χ1n) is 5.25. The number of ketones is 1. The molecule has 0 N–H and O–H groups in total. The van der Waals surface area contributed by atoms with Crippen LogP contribution in [0.2, 0.25) is 10.0 Å². The molecule has 0 heterocycles. The van der Waals surface area contributed by atoms with Crippen molar-refractivity contribution in [2.24, 2.45) is 0 Å². The number of hydrogen-bond donors (Lipinski definition) is 0. The standard InChI is InChI=1S/C14H9BrCl2O/c1-8-2-4-11(15)10(6-8)14(18)9-3-5-12(16)13(17)7-9/h2-7H,1H3. The number of rotatable bonds is 2.